The van der Waals surface area contributed by atoms with E-state index in [2.05, 4.69) is 60.8 Å². The minimum Gasteiger partial charge on any atom is -0.395 e. The van der Waals surface area contributed by atoms with Gasteiger partial charge in [0.15, 0.2) is 0 Å². The van der Waals surface area contributed by atoms with Gasteiger partial charge >= 0.3 is 8.56 Å². The molecule has 5 heteroatoms. The van der Waals surface area contributed by atoms with Crippen molar-refractivity contribution in [2.75, 3.05) is 6.61 Å². The van der Waals surface area contributed by atoms with Crippen LogP contribution in [0.25, 0.3) is 0 Å². The van der Waals surface area contributed by atoms with E-state index in [4.69, 9.17) is 8.85 Å². The average Bonchev–Trinajstić information content (AvgIpc) is 1.93. The zero-order valence-corrected chi connectivity index (χ0v) is 16.5. The Labute approximate surface area is 120 Å². The van der Waals surface area contributed by atoms with E-state index in [0.29, 0.717) is 0 Å². The van der Waals surface area contributed by atoms with Crippen LogP contribution in [0.4, 0.5) is 0 Å². The smallest absolute Gasteiger partial charge is 0.336 e. The first-order valence-corrected chi connectivity index (χ1v) is 14.5. The van der Waals surface area contributed by atoms with Crippen molar-refractivity contribution in [1.29, 1.82) is 0 Å². The van der Waals surface area contributed by atoms with Crippen molar-refractivity contribution < 1.29 is 8.85 Å². The van der Waals surface area contributed by atoms with Crippen molar-refractivity contribution in [2.45, 2.75) is 72.3 Å². The minimum absolute atomic E-state index is 0.252. The van der Waals surface area contributed by atoms with E-state index in [-0.39, 0.29) is 10.9 Å². The lowest BCUT2D eigenvalue weighted by Crippen LogP contribution is -2.44. The highest BCUT2D eigenvalue weighted by Crippen LogP contribution is 2.33. The molecular weight excluding hydrogens is 276 g/mol. The van der Waals surface area contributed by atoms with Crippen LogP contribution in [0.1, 0.15) is 34.6 Å². The van der Waals surface area contributed by atoms with E-state index in [1.165, 1.54) is 0 Å². The first-order valence-electron chi connectivity index (χ1n) is 6.86. The molecule has 0 radical (unpaired) electrons. The summed E-state index contributed by atoms with van der Waals surface area (Å²) < 4.78 is 12.4. The second-order valence-electron chi connectivity index (χ2n) is 7.22. The van der Waals surface area contributed by atoms with Crippen LogP contribution < -0.4 is 0 Å². The fourth-order valence-electron chi connectivity index (χ4n) is 2.27. The Bertz CT molecular complexity index is 248. The summed E-state index contributed by atoms with van der Waals surface area (Å²) in [6.45, 7) is 21.1. The molecule has 2 nitrogen and oxygen atoms in total. The van der Waals surface area contributed by atoms with Crippen molar-refractivity contribution in [3.8, 4) is 0 Å². The molecule has 0 amide bonds. The quantitative estimate of drug-likeness (QED) is 0.483. The molecule has 0 saturated heterocycles. The van der Waals surface area contributed by atoms with Crippen molar-refractivity contribution in [3.05, 3.63) is 0 Å². The molecule has 110 valence electrons. The molecule has 18 heavy (non-hydrogen) atoms. The molecule has 0 heterocycles. The lowest BCUT2D eigenvalue weighted by molar-refractivity contribution is 0.164. The number of rotatable bonds is 7. The van der Waals surface area contributed by atoms with Crippen LogP contribution >= 0.6 is 11.2 Å². The van der Waals surface area contributed by atoms with Crippen molar-refractivity contribution >= 4 is 27.0 Å². The summed E-state index contributed by atoms with van der Waals surface area (Å²) >= 11 is 2.01. The zero-order valence-electron chi connectivity index (χ0n) is 13.7. The van der Waals surface area contributed by atoms with E-state index in [1.807, 2.05) is 11.2 Å². The third-order valence-electron chi connectivity index (χ3n) is 2.24. The lowest BCUT2D eigenvalue weighted by atomic mass is 10.0. The van der Waals surface area contributed by atoms with Crippen LogP contribution in [0.3, 0.4) is 0 Å². The maximum absolute atomic E-state index is 6.34. The van der Waals surface area contributed by atoms with Crippen LogP contribution in [0.15, 0.2) is 0 Å². The van der Waals surface area contributed by atoms with Gasteiger partial charge in [0.1, 0.15) is 7.22 Å². The molecule has 0 aliphatic rings. The summed E-state index contributed by atoms with van der Waals surface area (Å²) in [5, 5.41) is 0. The molecule has 0 rings (SSSR count). The van der Waals surface area contributed by atoms with Crippen molar-refractivity contribution in [1.82, 2.24) is 0 Å². The van der Waals surface area contributed by atoms with Gasteiger partial charge in [0, 0.05) is 6.61 Å². The van der Waals surface area contributed by atoms with Crippen LogP contribution in [0.5, 0.6) is 0 Å². The molecule has 0 aliphatic carbocycles. The highest BCUT2D eigenvalue weighted by molar-refractivity contribution is 8.28. The van der Waals surface area contributed by atoms with Gasteiger partial charge in [-0.15, -0.1) is 0 Å². The predicted octanol–water partition coefficient (Wildman–Crippen LogP) is 5.07. The molecular formula is C13H32O2SSi2. The Balaban J connectivity index is 4.60. The molecule has 2 atom stereocenters. The number of hydrogen-bond acceptors (Lipinski definition) is 3. The molecule has 0 bridgehead atoms. The molecule has 0 spiro atoms. The molecule has 0 N–H and O–H groups in total. The molecule has 0 aromatic rings. The van der Waals surface area contributed by atoms with Gasteiger partial charge in [0.2, 0.25) is 0 Å². The van der Waals surface area contributed by atoms with Crippen molar-refractivity contribution in [2.24, 2.45) is 5.41 Å². The van der Waals surface area contributed by atoms with Crippen molar-refractivity contribution in [3.63, 3.8) is 0 Å². The highest BCUT2D eigenvalue weighted by Gasteiger charge is 2.38. The SMILES string of the molecule is CCO[Si](C)(CC(C)(C)C)OC(C)S[Si](C)(C)C. The van der Waals surface area contributed by atoms with Crippen LogP contribution in [-0.2, 0) is 8.85 Å². The molecule has 2 unspecified atom stereocenters. The lowest BCUT2D eigenvalue weighted by Gasteiger charge is -2.35. The summed E-state index contributed by atoms with van der Waals surface area (Å²) in [5.41, 5.74) is 0.516. The summed E-state index contributed by atoms with van der Waals surface area (Å²) in [6, 6.07) is 1.05. The Hall–Kier alpha value is 0.704. The summed E-state index contributed by atoms with van der Waals surface area (Å²) in [7, 11) is -3.19. The molecule has 0 aliphatic heterocycles. The van der Waals surface area contributed by atoms with E-state index < -0.39 is 15.8 Å². The molecule has 0 aromatic carbocycles. The van der Waals surface area contributed by atoms with E-state index in [9.17, 15) is 0 Å². The molecule has 0 aromatic heterocycles. The second kappa shape index (κ2) is 6.93. The maximum atomic E-state index is 6.34. The summed E-state index contributed by atoms with van der Waals surface area (Å²) in [6.07, 6.45) is 0. The Morgan fingerprint density at radius 2 is 1.61 bits per heavy atom. The predicted molar refractivity (Wildman–Crippen MR) is 89.0 cm³/mol. The maximum Gasteiger partial charge on any atom is 0.336 e. The third kappa shape index (κ3) is 9.61. The van der Waals surface area contributed by atoms with Gasteiger partial charge in [-0.3, -0.25) is 0 Å². The zero-order chi connectivity index (χ0) is 14.6. The average molecular weight is 309 g/mol. The molecule has 0 saturated carbocycles. The van der Waals surface area contributed by atoms with E-state index in [0.717, 1.165) is 12.7 Å². The number of hydrogen-bond donors (Lipinski definition) is 0. The van der Waals surface area contributed by atoms with Gasteiger partial charge < -0.3 is 8.85 Å². The van der Waals surface area contributed by atoms with Crippen LogP contribution in [0.2, 0.25) is 32.2 Å². The second-order valence-corrected chi connectivity index (χ2v) is 19.9. The molecule has 0 fully saturated rings. The largest absolute Gasteiger partial charge is 0.395 e. The Morgan fingerprint density at radius 1 is 1.11 bits per heavy atom. The van der Waals surface area contributed by atoms with Gasteiger partial charge in [-0.2, -0.15) is 11.2 Å². The van der Waals surface area contributed by atoms with Gasteiger partial charge in [-0.05, 0) is 31.9 Å². The first kappa shape index (κ1) is 18.7. The Kier molecular flexibility index (Phi) is 7.20. The van der Waals surface area contributed by atoms with E-state index in [1.54, 1.807) is 0 Å². The van der Waals surface area contributed by atoms with Crippen LogP contribution in [0, 0.1) is 5.41 Å². The summed E-state index contributed by atoms with van der Waals surface area (Å²) in [4.78, 5) is 0. The first-order chi connectivity index (χ1) is 7.87. The van der Waals surface area contributed by atoms with Gasteiger partial charge in [0.25, 0.3) is 0 Å². The summed E-state index contributed by atoms with van der Waals surface area (Å²) in [5.74, 6) is 0. The Morgan fingerprint density at radius 3 is 1.94 bits per heavy atom. The highest BCUT2D eigenvalue weighted by atomic mass is 32.4. The third-order valence-corrected chi connectivity index (χ3v) is 10.1. The standard InChI is InChI=1S/C13H32O2SSi2/c1-10-14-18(9,11-13(3,4)5)15-12(2)16-17(6,7)8/h12H,10-11H2,1-9H3. The normalized spacial score (nSPS) is 18.5. The topological polar surface area (TPSA) is 18.5 Å². The van der Waals surface area contributed by atoms with E-state index >= 15 is 0 Å². The van der Waals surface area contributed by atoms with Gasteiger partial charge in [-0.25, -0.2) is 0 Å². The van der Waals surface area contributed by atoms with Gasteiger partial charge in [0.05, 0.1) is 5.44 Å². The van der Waals surface area contributed by atoms with Gasteiger partial charge in [-0.1, -0.05) is 40.4 Å². The van der Waals surface area contributed by atoms with Crippen LogP contribution in [-0.4, -0.2) is 27.8 Å². The minimum atomic E-state index is -2.05. The monoisotopic (exact) mass is 308 g/mol. The fraction of sp³-hybridized carbons (Fsp3) is 1.00. The fourth-order valence-corrected chi connectivity index (χ4v) is 11.0.